The number of benzene rings is 1. The number of aryl methyl sites for hydroxylation is 1. The fourth-order valence-electron chi connectivity index (χ4n) is 2.98. The third-order valence-electron chi connectivity index (χ3n) is 4.48. The summed E-state index contributed by atoms with van der Waals surface area (Å²) in [6, 6.07) is 5.56. The minimum absolute atomic E-state index is 0.258. The summed E-state index contributed by atoms with van der Waals surface area (Å²) in [6.45, 7) is 1.88. The van der Waals surface area contributed by atoms with Crippen molar-refractivity contribution in [3.63, 3.8) is 0 Å². The number of ether oxygens (including phenoxy) is 3. The molecule has 10 heteroatoms. The number of nitrogens with zero attached hydrogens (tertiary/aromatic N) is 4. The van der Waals surface area contributed by atoms with Crippen LogP contribution in [-0.4, -0.2) is 58.8 Å². The number of carbonyl (C=O) groups excluding carboxylic acids is 2. The number of nitrogens with one attached hydrogen (secondary N) is 1. The summed E-state index contributed by atoms with van der Waals surface area (Å²) >= 11 is 0. The number of hydrogen-bond acceptors (Lipinski definition) is 8. The molecule has 0 aliphatic heterocycles. The van der Waals surface area contributed by atoms with Crippen molar-refractivity contribution in [1.29, 1.82) is 0 Å². The molecule has 2 aromatic heterocycles. The molecule has 0 bridgehead atoms. The quantitative estimate of drug-likeness (QED) is 0.521. The number of amides is 1. The number of hydrogen-bond donors (Lipinski definition) is 1. The first-order valence-corrected chi connectivity index (χ1v) is 9.39. The minimum atomic E-state index is -0.633. The predicted molar refractivity (Wildman–Crippen MR) is 107 cm³/mol. The van der Waals surface area contributed by atoms with Crippen LogP contribution in [0.4, 0.5) is 0 Å². The van der Waals surface area contributed by atoms with Gasteiger partial charge in [0.2, 0.25) is 0 Å². The number of aromatic nitrogens is 4. The van der Waals surface area contributed by atoms with Gasteiger partial charge in [0.15, 0.2) is 18.1 Å². The van der Waals surface area contributed by atoms with Crippen molar-refractivity contribution in [2.75, 3.05) is 27.4 Å². The zero-order valence-electron chi connectivity index (χ0n) is 17.0. The second-order valence-corrected chi connectivity index (χ2v) is 6.31. The highest BCUT2D eigenvalue weighted by Crippen LogP contribution is 2.27. The maximum absolute atomic E-state index is 12.4. The second-order valence-electron chi connectivity index (χ2n) is 6.31. The Balaban J connectivity index is 1.51. The Morgan fingerprint density at radius 2 is 1.93 bits per heavy atom. The molecule has 0 fully saturated rings. The summed E-state index contributed by atoms with van der Waals surface area (Å²) < 4.78 is 17.1. The molecule has 0 aliphatic carbocycles. The first-order valence-electron chi connectivity index (χ1n) is 9.39. The molecule has 0 unspecified atom stereocenters. The van der Waals surface area contributed by atoms with E-state index >= 15 is 0 Å². The normalized spacial score (nSPS) is 10.6. The van der Waals surface area contributed by atoms with Crippen LogP contribution in [0.25, 0.3) is 5.78 Å². The first kappa shape index (κ1) is 21.0. The molecule has 3 rings (SSSR count). The Bertz CT molecular complexity index is 1050. The molecular weight excluding hydrogens is 390 g/mol. The molecule has 0 saturated carbocycles. The van der Waals surface area contributed by atoms with E-state index in [-0.39, 0.29) is 12.2 Å². The average molecular weight is 413 g/mol. The molecule has 0 aliphatic rings. The number of methoxy groups -OCH3 is 2. The van der Waals surface area contributed by atoms with E-state index in [2.05, 4.69) is 20.4 Å². The van der Waals surface area contributed by atoms with Crippen LogP contribution in [0.5, 0.6) is 11.5 Å². The predicted octanol–water partition coefficient (Wildman–Crippen LogP) is 1.22. The van der Waals surface area contributed by atoms with Gasteiger partial charge in [-0.3, -0.25) is 4.79 Å². The highest BCUT2D eigenvalue weighted by Gasteiger charge is 2.18. The molecule has 1 aromatic carbocycles. The maximum Gasteiger partial charge on any atom is 0.342 e. The van der Waals surface area contributed by atoms with Gasteiger partial charge in [-0.2, -0.15) is 10.1 Å². The van der Waals surface area contributed by atoms with Gasteiger partial charge in [-0.05, 0) is 30.5 Å². The maximum atomic E-state index is 12.4. The van der Waals surface area contributed by atoms with Crippen LogP contribution < -0.4 is 14.8 Å². The van der Waals surface area contributed by atoms with Gasteiger partial charge in [-0.15, -0.1) is 0 Å². The third kappa shape index (κ3) is 4.65. The lowest BCUT2D eigenvalue weighted by Crippen LogP contribution is -2.30. The SMILES string of the molecule is CCc1c(C(=O)OCC(=O)NCCc2ccc(OC)c(OC)c2)cnc2ncnn12. The smallest absolute Gasteiger partial charge is 0.342 e. The molecular formula is C20H23N5O5. The van der Waals surface area contributed by atoms with Crippen molar-refractivity contribution in [3.8, 4) is 11.5 Å². The summed E-state index contributed by atoms with van der Waals surface area (Å²) in [5, 5.41) is 6.79. The Hall–Kier alpha value is -3.69. The van der Waals surface area contributed by atoms with E-state index in [4.69, 9.17) is 14.2 Å². The van der Waals surface area contributed by atoms with Crippen molar-refractivity contribution in [2.45, 2.75) is 19.8 Å². The van der Waals surface area contributed by atoms with E-state index in [1.807, 2.05) is 25.1 Å². The molecule has 0 radical (unpaired) electrons. The zero-order chi connectivity index (χ0) is 21.5. The Morgan fingerprint density at radius 3 is 2.67 bits per heavy atom. The van der Waals surface area contributed by atoms with Crippen LogP contribution in [0.1, 0.15) is 28.5 Å². The number of esters is 1. The summed E-state index contributed by atoms with van der Waals surface area (Å²) in [5.41, 5.74) is 1.86. The molecule has 0 atom stereocenters. The Kier molecular flexibility index (Phi) is 6.79. The van der Waals surface area contributed by atoms with Gasteiger partial charge in [0.05, 0.1) is 25.5 Å². The van der Waals surface area contributed by atoms with Crippen molar-refractivity contribution in [3.05, 3.63) is 47.5 Å². The van der Waals surface area contributed by atoms with Gasteiger partial charge in [-0.1, -0.05) is 13.0 Å². The lowest BCUT2D eigenvalue weighted by molar-refractivity contribution is -0.124. The first-order chi connectivity index (χ1) is 14.6. The standard InChI is InChI=1S/C20H23N5O5/c1-4-15-14(10-22-20-23-12-24-25(15)20)19(27)30-11-18(26)21-8-7-13-5-6-16(28-2)17(9-13)29-3/h5-6,9-10,12H,4,7-8,11H2,1-3H3,(H,21,26). The fourth-order valence-corrected chi connectivity index (χ4v) is 2.98. The third-order valence-corrected chi connectivity index (χ3v) is 4.48. The second kappa shape index (κ2) is 9.68. The van der Waals surface area contributed by atoms with Gasteiger partial charge < -0.3 is 19.5 Å². The van der Waals surface area contributed by atoms with E-state index in [1.54, 1.807) is 14.2 Å². The largest absolute Gasteiger partial charge is 0.493 e. The van der Waals surface area contributed by atoms with Crippen LogP contribution in [0.2, 0.25) is 0 Å². The monoisotopic (exact) mass is 413 g/mol. The van der Waals surface area contributed by atoms with Gasteiger partial charge in [0, 0.05) is 12.7 Å². The number of fused-ring (bicyclic) bond motifs is 1. The Morgan fingerprint density at radius 1 is 1.13 bits per heavy atom. The highest BCUT2D eigenvalue weighted by molar-refractivity contribution is 5.92. The summed E-state index contributed by atoms with van der Waals surface area (Å²) in [5.74, 6) is 0.641. The summed E-state index contributed by atoms with van der Waals surface area (Å²) in [7, 11) is 3.14. The van der Waals surface area contributed by atoms with Crippen LogP contribution in [0, 0.1) is 0 Å². The highest BCUT2D eigenvalue weighted by atomic mass is 16.5. The van der Waals surface area contributed by atoms with E-state index in [1.165, 1.54) is 17.0 Å². The molecule has 0 spiro atoms. The van der Waals surface area contributed by atoms with Crippen molar-refractivity contribution in [2.24, 2.45) is 0 Å². The lowest BCUT2D eigenvalue weighted by Gasteiger charge is -2.11. The van der Waals surface area contributed by atoms with E-state index in [9.17, 15) is 9.59 Å². The van der Waals surface area contributed by atoms with Crippen molar-refractivity contribution < 1.29 is 23.8 Å². The minimum Gasteiger partial charge on any atom is -0.493 e. The van der Waals surface area contributed by atoms with E-state index < -0.39 is 11.9 Å². The zero-order valence-corrected chi connectivity index (χ0v) is 17.0. The van der Waals surface area contributed by atoms with Crippen molar-refractivity contribution in [1.82, 2.24) is 24.9 Å². The number of carbonyl (C=O) groups is 2. The fraction of sp³-hybridized carbons (Fsp3) is 0.350. The van der Waals surface area contributed by atoms with E-state index in [0.717, 1.165) is 5.56 Å². The lowest BCUT2D eigenvalue weighted by atomic mass is 10.1. The van der Waals surface area contributed by atoms with Crippen molar-refractivity contribution >= 4 is 17.7 Å². The van der Waals surface area contributed by atoms with Gasteiger partial charge in [0.25, 0.3) is 11.7 Å². The molecule has 10 nitrogen and oxygen atoms in total. The van der Waals surface area contributed by atoms with Crippen LogP contribution >= 0.6 is 0 Å². The van der Waals surface area contributed by atoms with Gasteiger partial charge >= 0.3 is 5.97 Å². The molecule has 0 saturated heterocycles. The molecule has 158 valence electrons. The van der Waals surface area contributed by atoms with Gasteiger partial charge in [-0.25, -0.2) is 14.3 Å². The van der Waals surface area contributed by atoms with Crippen LogP contribution in [-0.2, 0) is 22.4 Å². The molecule has 1 N–H and O–H groups in total. The molecule has 3 aromatic rings. The summed E-state index contributed by atoms with van der Waals surface area (Å²) in [6.07, 6.45) is 3.87. The van der Waals surface area contributed by atoms with E-state index in [0.29, 0.717) is 42.4 Å². The molecule has 30 heavy (non-hydrogen) atoms. The molecule has 1 amide bonds. The average Bonchev–Trinajstić information content (AvgIpc) is 3.25. The van der Waals surface area contributed by atoms with Crippen LogP contribution in [0.3, 0.4) is 0 Å². The topological polar surface area (TPSA) is 117 Å². The van der Waals surface area contributed by atoms with Crippen LogP contribution in [0.15, 0.2) is 30.7 Å². The van der Waals surface area contributed by atoms with Gasteiger partial charge in [0.1, 0.15) is 6.33 Å². The molecule has 2 heterocycles. The summed E-state index contributed by atoms with van der Waals surface area (Å²) in [4.78, 5) is 32.5. The Labute approximate surface area is 173 Å². The number of rotatable bonds is 9.